The number of halogens is 2. The monoisotopic (exact) mass is 393 g/mol. The highest BCUT2D eigenvalue weighted by atomic mass is 79.9. The number of hydrogen-bond donors (Lipinski definition) is 0. The summed E-state index contributed by atoms with van der Waals surface area (Å²) in [6.07, 6.45) is 0. The zero-order valence-corrected chi connectivity index (χ0v) is 14.5. The van der Waals surface area contributed by atoms with Gasteiger partial charge in [-0.1, -0.05) is 6.07 Å². The van der Waals surface area contributed by atoms with E-state index in [1.54, 1.807) is 24.3 Å². The summed E-state index contributed by atoms with van der Waals surface area (Å²) in [4.78, 5) is 0.0310. The second-order valence-electron chi connectivity index (χ2n) is 4.16. The number of furan rings is 1. The third-order valence-corrected chi connectivity index (χ3v) is 5.80. The van der Waals surface area contributed by atoms with Crippen LogP contribution in [-0.4, -0.2) is 22.6 Å². The Labute approximate surface area is 136 Å². The Balaban J connectivity index is 2.44. The molecule has 5 nitrogen and oxygen atoms in total. The maximum atomic E-state index is 12.6. The van der Waals surface area contributed by atoms with Crippen LogP contribution in [0, 0.1) is 0 Å². The summed E-state index contributed by atoms with van der Waals surface area (Å²) >= 11 is 8.77. The number of anilines is 1. The molecule has 0 radical (unpaired) electrons. The fraction of sp³-hybridized carbons (Fsp3) is 0.231. The molecule has 0 fully saturated rings. The lowest BCUT2D eigenvalue weighted by Crippen LogP contribution is -2.26. The zero-order valence-electron chi connectivity index (χ0n) is 11.3. The highest BCUT2D eigenvalue weighted by molar-refractivity contribution is 9.10. The summed E-state index contributed by atoms with van der Waals surface area (Å²) in [6.45, 7) is 0. The summed E-state index contributed by atoms with van der Waals surface area (Å²) in [7, 11) is -0.775. The van der Waals surface area contributed by atoms with E-state index in [0.717, 1.165) is 4.31 Å². The molecule has 8 heteroatoms. The van der Waals surface area contributed by atoms with Gasteiger partial charge in [0.05, 0.1) is 18.7 Å². The molecule has 0 saturated heterocycles. The number of sulfonamides is 1. The highest BCUT2D eigenvalue weighted by Gasteiger charge is 2.27. The van der Waals surface area contributed by atoms with Crippen LogP contribution >= 0.6 is 27.5 Å². The molecule has 0 N–H and O–H groups in total. The summed E-state index contributed by atoms with van der Waals surface area (Å²) in [6, 6.07) is 8.17. The van der Waals surface area contributed by atoms with E-state index in [9.17, 15) is 8.42 Å². The van der Waals surface area contributed by atoms with Crippen molar-refractivity contribution in [2.24, 2.45) is 0 Å². The van der Waals surface area contributed by atoms with E-state index < -0.39 is 10.0 Å². The average molecular weight is 395 g/mol. The molecule has 0 bridgehead atoms. The number of ether oxygens (including phenoxy) is 1. The Kier molecular flexibility index (Phi) is 4.85. The van der Waals surface area contributed by atoms with Crippen molar-refractivity contribution in [3.05, 3.63) is 40.8 Å². The first-order valence-electron chi connectivity index (χ1n) is 5.87. The fourth-order valence-corrected chi connectivity index (χ4v) is 4.01. The zero-order chi connectivity index (χ0) is 15.6. The summed E-state index contributed by atoms with van der Waals surface area (Å²) in [5.74, 6) is 1.04. The van der Waals surface area contributed by atoms with E-state index in [2.05, 4.69) is 15.9 Å². The third kappa shape index (κ3) is 3.20. The Hall–Kier alpha value is -1.18. The number of hydrogen-bond acceptors (Lipinski definition) is 4. The van der Waals surface area contributed by atoms with Crippen LogP contribution in [0.4, 0.5) is 5.69 Å². The van der Waals surface area contributed by atoms with Gasteiger partial charge < -0.3 is 9.15 Å². The van der Waals surface area contributed by atoms with Crippen LogP contribution in [0.15, 0.2) is 44.3 Å². The van der Waals surface area contributed by atoms with Gasteiger partial charge in [0.1, 0.15) is 16.4 Å². The molecule has 2 aromatic rings. The molecule has 0 aliphatic rings. The maximum absolute atomic E-state index is 12.6. The second-order valence-corrected chi connectivity index (χ2v) is 7.08. The Morgan fingerprint density at radius 2 is 2.10 bits per heavy atom. The number of alkyl halides is 1. The molecular formula is C13H13BrClNO4S. The van der Waals surface area contributed by atoms with Gasteiger partial charge in [0, 0.05) is 19.2 Å². The van der Waals surface area contributed by atoms with Gasteiger partial charge in [0.15, 0.2) is 4.67 Å². The smallest absolute Gasteiger partial charge is 0.268 e. The molecule has 0 unspecified atom stereocenters. The van der Waals surface area contributed by atoms with Crippen LogP contribution in [0.1, 0.15) is 5.76 Å². The molecule has 0 aliphatic carbocycles. The molecule has 0 aliphatic heterocycles. The first-order valence-corrected chi connectivity index (χ1v) is 8.64. The second kappa shape index (κ2) is 6.29. The van der Waals surface area contributed by atoms with Crippen LogP contribution in [0.5, 0.6) is 5.75 Å². The third-order valence-electron chi connectivity index (χ3n) is 2.89. The Morgan fingerprint density at radius 1 is 1.38 bits per heavy atom. The average Bonchev–Trinajstić information content (AvgIpc) is 2.88. The maximum Gasteiger partial charge on any atom is 0.268 e. The molecule has 1 aromatic carbocycles. The summed E-state index contributed by atoms with van der Waals surface area (Å²) in [5.41, 5.74) is 0.481. The Morgan fingerprint density at radius 3 is 2.67 bits per heavy atom. The van der Waals surface area contributed by atoms with Gasteiger partial charge in [-0.05, 0) is 28.1 Å². The molecule has 2 rings (SSSR count). The number of benzene rings is 1. The van der Waals surface area contributed by atoms with Crippen molar-refractivity contribution in [3.8, 4) is 5.75 Å². The van der Waals surface area contributed by atoms with Gasteiger partial charge in [-0.3, -0.25) is 4.31 Å². The van der Waals surface area contributed by atoms with E-state index in [4.69, 9.17) is 20.8 Å². The molecule has 0 atom stereocenters. The lowest BCUT2D eigenvalue weighted by molar-refractivity contribution is 0.415. The predicted octanol–water partition coefficient (Wildman–Crippen LogP) is 3.61. The lowest BCUT2D eigenvalue weighted by Gasteiger charge is -2.19. The molecule has 21 heavy (non-hydrogen) atoms. The van der Waals surface area contributed by atoms with Crippen molar-refractivity contribution < 1.29 is 17.6 Å². The summed E-state index contributed by atoms with van der Waals surface area (Å²) < 4.78 is 36.9. The molecule has 0 saturated carbocycles. The van der Waals surface area contributed by atoms with Crippen LogP contribution in [-0.2, 0) is 15.9 Å². The van der Waals surface area contributed by atoms with Crippen molar-refractivity contribution in [2.45, 2.75) is 10.8 Å². The molecule has 114 valence electrons. The predicted molar refractivity (Wildman–Crippen MR) is 84.5 cm³/mol. The molecule has 0 amide bonds. The lowest BCUT2D eigenvalue weighted by atomic mass is 10.3. The van der Waals surface area contributed by atoms with Gasteiger partial charge in [-0.25, -0.2) is 8.42 Å². The van der Waals surface area contributed by atoms with Crippen LogP contribution in [0.25, 0.3) is 0 Å². The Bertz CT molecular complexity index is 744. The van der Waals surface area contributed by atoms with Crippen LogP contribution in [0.2, 0.25) is 0 Å². The van der Waals surface area contributed by atoms with Gasteiger partial charge in [-0.15, -0.1) is 11.6 Å². The number of methoxy groups -OCH3 is 1. The normalized spacial score (nSPS) is 11.4. The van der Waals surface area contributed by atoms with Crippen LogP contribution in [0.3, 0.4) is 0 Å². The van der Waals surface area contributed by atoms with Crippen molar-refractivity contribution in [2.75, 3.05) is 18.5 Å². The van der Waals surface area contributed by atoms with Crippen molar-refractivity contribution in [1.29, 1.82) is 0 Å². The largest absolute Gasteiger partial charge is 0.497 e. The van der Waals surface area contributed by atoms with Gasteiger partial charge >= 0.3 is 0 Å². The molecule has 1 aromatic heterocycles. The van der Waals surface area contributed by atoms with E-state index in [0.29, 0.717) is 17.2 Å². The first-order chi connectivity index (χ1) is 9.90. The van der Waals surface area contributed by atoms with Gasteiger partial charge in [-0.2, -0.15) is 0 Å². The minimum Gasteiger partial charge on any atom is -0.497 e. The van der Waals surface area contributed by atoms with Crippen LogP contribution < -0.4 is 9.04 Å². The van der Waals surface area contributed by atoms with Crippen molar-refractivity contribution in [3.63, 3.8) is 0 Å². The molecule has 1 heterocycles. The van der Waals surface area contributed by atoms with E-state index in [1.807, 2.05) is 0 Å². The standard InChI is InChI=1S/C13H13BrClNO4S/c1-16(9-4-3-5-10(6-9)19-2)21(17,18)12-7-11(8-15)20-13(12)14/h3-7H,8H2,1-2H3. The molecular weight excluding hydrogens is 382 g/mol. The minimum atomic E-state index is -3.76. The van der Waals surface area contributed by atoms with E-state index >= 15 is 0 Å². The minimum absolute atomic E-state index is 0.0310. The quantitative estimate of drug-likeness (QED) is 0.727. The highest BCUT2D eigenvalue weighted by Crippen LogP contribution is 2.32. The van der Waals surface area contributed by atoms with Crippen molar-refractivity contribution >= 4 is 43.2 Å². The SMILES string of the molecule is COc1cccc(N(C)S(=O)(=O)c2cc(CCl)oc2Br)c1. The van der Waals surface area contributed by atoms with Gasteiger partial charge in [0.25, 0.3) is 10.0 Å². The van der Waals surface area contributed by atoms with E-state index in [-0.39, 0.29) is 15.4 Å². The fourth-order valence-electron chi connectivity index (χ4n) is 1.73. The first kappa shape index (κ1) is 16.2. The van der Waals surface area contributed by atoms with Gasteiger partial charge in [0.2, 0.25) is 0 Å². The van der Waals surface area contributed by atoms with E-state index in [1.165, 1.54) is 20.2 Å². The summed E-state index contributed by atoms with van der Waals surface area (Å²) in [5, 5.41) is 0. The molecule has 0 spiro atoms. The topological polar surface area (TPSA) is 59.8 Å². The number of nitrogens with zero attached hydrogens (tertiary/aromatic N) is 1. The number of rotatable bonds is 5. The van der Waals surface area contributed by atoms with Crippen molar-refractivity contribution in [1.82, 2.24) is 0 Å².